The highest BCUT2D eigenvalue weighted by Crippen LogP contribution is 2.30. The lowest BCUT2D eigenvalue weighted by atomic mass is 10.1. The van der Waals surface area contributed by atoms with Gasteiger partial charge in [0.05, 0.1) is 28.3 Å². The maximum atomic E-state index is 12.4. The largest absolute Gasteiger partial charge is 0.481 e. The molecule has 1 heterocycles. The van der Waals surface area contributed by atoms with E-state index < -0.39 is 29.4 Å². The van der Waals surface area contributed by atoms with E-state index >= 15 is 0 Å². The maximum Gasteiger partial charge on any atom is 0.309 e. The smallest absolute Gasteiger partial charge is 0.309 e. The number of alkyl halides is 2. The van der Waals surface area contributed by atoms with Gasteiger partial charge in [0.2, 0.25) is 0 Å². The monoisotopic (exact) mass is 246 g/mol. The zero-order valence-corrected chi connectivity index (χ0v) is 8.50. The summed E-state index contributed by atoms with van der Waals surface area (Å²) in [5.41, 5.74) is -1.02. The topological polar surface area (TPSA) is 74.0 Å². The zero-order chi connectivity index (χ0) is 12.3. The summed E-state index contributed by atoms with van der Waals surface area (Å²) >= 11 is 5.56. The molecule has 7 heteroatoms. The van der Waals surface area contributed by atoms with E-state index in [-0.39, 0.29) is 11.3 Å². The molecule has 1 N–H and O–H groups in total. The summed E-state index contributed by atoms with van der Waals surface area (Å²) in [6.07, 6.45) is -2.61. The quantitative estimate of drug-likeness (QED) is 0.887. The van der Waals surface area contributed by atoms with Crippen LogP contribution in [0.3, 0.4) is 0 Å². The van der Waals surface area contributed by atoms with E-state index in [1.165, 1.54) is 0 Å². The molecule has 1 aromatic rings. The van der Waals surface area contributed by atoms with Gasteiger partial charge in [0.1, 0.15) is 6.07 Å². The Hall–Kier alpha value is -1.74. The van der Waals surface area contributed by atoms with Crippen molar-refractivity contribution >= 4 is 17.6 Å². The summed E-state index contributed by atoms with van der Waals surface area (Å²) < 4.78 is 24.8. The molecule has 0 atom stereocenters. The third-order valence-electron chi connectivity index (χ3n) is 1.79. The summed E-state index contributed by atoms with van der Waals surface area (Å²) in [5.74, 6) is -1.22. The Labute approximate surface area is 94.1 Å². The Morgan fingerprint density at radius 1 is 1.69 bits per heavy atom. The first kappa shape index (κ1) is 12.3. The highest BCUT2D eigenvalue weighted by molar-refractivity contribution is 6.32. The Morgan fingerprint density at radius 3 is 2.75 bits per heavy atom. The number of rotatable bonds is 3. The lowest BCUT2D eigenvalue weighted by Gasteiger charge is -2.07. The van der Waals surface area contributed by atoms with Crippen molar-refractivity contribution < 1.29 is 18.7 Å². The Bertz CT molecular complexity index is 471. The summed E-state index contributed by atoms with van der Waals surface area (Å²) in [7, 11) is 0. The average Bonchev–Trinajstić information content (AvgIpc) is 2.16. The van der Waals surface area contributed by atoms with Crippen LogP contribution in [-0.4, -0.2) is 16.1 Å². The molecule has 0 aromatic carbocycles. The molecule has 0 radical (unpaired) electrons. The van der Waals surface area contributed by atoms with Crippen LogP contribution in [0.4, 0.5) is 8.78 Å². The lowest BCUT2D eigenvalue weighted by Crippen LogP contribution is -2.06. The predicted molar refractivity (Wildman–Crippen MR) is 50.3 cm³/mol. The molecule has 0 bridgehead atoms. The number of halogens is 3. The fraction of sp³-hybridized carbons (Fsp3) is 0.222. The van der Waals surface area contributed by atoms with Crippen molar-refractivity contribution in [1.82, 2.24) is 4.98 Å². The van der Waals surface area contributed by atoms with E-state index in [9.17, 15) is 13.6 Å². The van der Waals surface area contributed by atoms with Gasteiger partial charge in [-0.1, -0.05) is 11.6 Å². The van der Waals surface area contributed by atoms with Crippen molar-refractivity contribution in [3.63, 3.8) is 0 Å². The standard InChI is InChI=1S/C9H5ClF2N2O2/c10-8-4(2-13)6(1-7(15)16)14-3-5(8)9(11)12/h3,9H,1H2,(H,15,16). The number of nitrogens with zero attached hydrogens (tertiary/aromatic N) is 2. The number of hydrogen-bond acceptors (Lipinski definition) is 3. The molecule has 84 valence electrons. The highest BCUT2D eigenvalue weighted by atomic mass is 35.5. The van der Waals surface area contributed by atoms with Crippen LogP contribution in [0.1, 0.15) is 23.2 Å². The van der Waals surface area contributed by atoms with Gasteiger partial charge in [-0.15, -0.1) is 0 Å². The van der Waals surface area contributed by atoms with E-state index in [4.69, 9.17) is 22.0 Å². The van der Waals surface area contributed by atoms with Crippen LogP contribution in [0.2, 0.25) is 5.02 Å². The number of carboxylic acids is 1. The van der Waals surface area contributed by atoms with Crippen molar-refractivity contribution in [1.29, 1.82) is 5.26 Å². The van der Waals surface area contributed by atoms with E-state index in [2.05, 4.69) is 4.98 Å². The average molecular weight is 247 g/mol. The van der Waals surface area contributed by atoms with Gasteiger partial charge in [0.15, 0.2) is 0 Å². The van der Waals surface area contributed by atoms with Crippen LogP contribution in [-0.2, 0) is 11.2 Å². The van der Waals surface area contributed by atoms with Gasteiger partial charge in [-0.25, -0.2) is 8.78 Å². The summed E-state index contributed by atoms with van der Waals surface area (Å²) in [6, 6.07) is 1.57. The van der Waals surface area contributed by atoms with Crippen molar-refractivity contribution in [3.05, 3.63) is 28.0 Å². The normalized spacial score (nSPS) is 10.2. The van der Waals surface area contributed by atoms with Crippen molar-refractivity contribution in [2.45, 2.75) is 12.8 Å². The maximum absolute atomic E-state index is 12.4. The van der Waals surface area contributed by atoms with Gasteiger partial charge in [-0.2, -0.15) is 5.26 Å². The first-order valence-electron chi connectivity index (χ1n) is 4.04. The number of hydrogen-bond donors (Lipinski definition) is 1. The molecule has 0 unspecified atom stereocenters. The Kier molecular flexibility index (Phi) is 3.74. The summed E-state index contributed by atoms with van der Waals surface area (Å²) in [4.78, 5) is 13.9. The molecule has 0 fully saturated rings. The number of pyridine rings is 1. The molecule has 4 nitrogen and oxygen atoms in total. The van der Waals surface area contributed by atoms with E-state index in [0.717, 1.165) is 6.20 Å². The van der Waals surface area contributed by atoms with Crippen molar-refractivity contribution in [3.8, 4) is 6.07 Å². The molecule has 1 aromatic heterocycles. The molecular formula is C9H5ClF2N2O2. The van der Waals surface area contributed by atoms with Crippen LogP contribution >= 0.6 is 11.6 Å². The minimum absolute atomic E-state index is 0.121. The molecule has 0 saturated heterocycles. The number of aliphatic carboxylic acids is 1. The number of nitriles is 1. The zero-order valence-electron chi connectivity index (χ0n) is 7.75. The molecule has 0 aliphatic carbocycles. The second-order valence-electron chi connectivity index (χ2n) is 2.83. The SMILES string of the molecule is N#Cc1c(CC(=O)O)ncc(C(F)F)c1Cl. The van der Waals surface area contributed by atoms with Crippen LogP contribution in [0.25, 0.3) is 0 Å². The molecule has 0 amide bonds. The highest BCUT2D eigenvalue weighted by Gasteiger charge is 2.20. The van der Waals surface area contributed by atoms with E-state index in [1.807, 2.05) is 0 Å². The Balaban J connectivity index is 3.31. The van der Waals surface area contributed by atoms with Gasteiger partial charge in [0.25, 0.3) is 6.43 Å². The molecular weight excluding hydrogens is 242 g/mol. The van der Waals surface area contributed by atoms with Crippen LogP contribution < -0.4 is 0 Å². The van der Waals surface area contributed by atoms with Gasteiger partial charge in [-0.3, -0.25) is 9.78 Å². The fourth-order valence-corrected chi connectivity index (χ4v) is 1.37. The molecule has 0 spiro atoms. The number of aromatic nitrogens is 1. The second kappa shape index (κ2) is 4.86. The van der Waals surface area contributed by atoms with E-state index in [0.29, 0.717) is 0 Å². The lowest BCUT2D eigenvalue weighted by molar-refractivity contribution is -0.136. The van der Waals surface area contributed by atoms with Crippen molar-refractivity contribution in [2.75, 3.05) is 0 Å². The molecule has 0 saturated carbocycles. The number of carboxylic acid groups (broad SMARTS) is 1. The van der Waals surface area contributed by atoms with Crippen LogP contribution in [0.15, 0.2) is 6.20 Å². The van der Waals surface area contributed by atoms with E-state index in [1.54, 1.807) is 6.07 Å². The third kappa shape index (κ3) is 2.44. The van der Waals surface area contributed by atoms with Gasteiger partial charge in [-0.05, 0) is 0 Å². The minimum atomic E-state index is -2.86. The first-order valence-corrected chi connectivity index (χ1v) is 4.42. The third-order valence-corrected chi connectivity index (χ3v) is 2.19. The predicted octanol–water partition coefficient (Wildman–Crippen LogP) is 2.17. The molecule has 0 aliphatic rings. The Morgan fingerprint density at radius 2 is 2.31 bits per heavy atom. The van der Waals surface area contributed by atoms with Gasteiger partial charge >= 0.3 is 5.97 Å². The molecule has 1 rings (SSSR count). The fourth-order valence-electron chi connectivity index (χ4n) is 1.08. The molecule has 16 heavy (non-hydrogen) atoms. The molecule has 0 aliphatic heterocycles. The first-order chi connectivity index (χ1) is 7.47. The summed E-state index contributed by atoms with van der Waals surface area (Å²) in [5, 5.41) is 16.8. The number of carbonyl (C=O) groups is 1. The second-order valence-corrected chi connectivity index (χ2v) is 3.21. The minimum Gasteiger partial charge on any atom is -0.481 e. The van der Waals surface area contributed by atoms with Crippen LogP contribution in [0.5, 0.6) is 0 Å². The van der Waals surface area contributed by atoms with Crippen LogP contribution in [0, 0.1) is 11.3 Å². The van der Waals surface area contributed by atoms with Crippen molar-refractivity contribution in [2.24, 2.45) is 0 Å². The van der Waals surface area contributed by atoms with Gasteiger partial charge < -0.3 is 5.11 Å². The summed E-state index contributed by atoms with van der Waals surface area (Å²) in [6.45, 7) is 0. The van der Waals surface area contributed by atoms with Gasteiger partial charge in [0, 0.05) is 6.20 Å².